The maximum atomic E-state index is 13.3. The van der Waals surface area contributed by atoms with Crippen molar-refractivity contribution in [2.45, 2.75) is 17.9 Å². The molecule has 3 aromatic carbocycles. The molecule has 0 radical (unpaired) electrons. The van der Waals surface area contributed by atoms with Crippen LogP contribution in [0.25, 0.3) is 22.0 Å². The van der Waals surface area contributed by atoms with Gasteiger partial charge in [0.2, 0.25) is 0 Å². The first-order valence-electron chi connectivity index (χ1n) is 10.5. The van der Waals surface area contributed by atoms with Crippen LogP contribution in [0.3, 0.4) is 0 Å². The Morgan fingerprint density at radius 2 is 1.75 bits per heavy atom. The number of fused-ring (bicyclic) bond motifs is 2. The van der Waals surface area contributed by atoms with Crippen LogP contribution >= 0.6 is 0 Å². The highest BCUT2D eigenvalue weighted by Gasteiger charge is 2.30. The van der Waals surface area contributed by atoms with Gasteiger partial charge in [-0.1, -0.05) is 54.6 Å². The Morgan fingerprint density at radius 1 is 0.938 bits per heavy atom. The van der Waals surface area contributed by atoms with Gasteiger partial charge in [0, 0.05) is 36.8 Å². The number of benzene rings is 3. The number of amides is 1. The van der Waals surface area contributed by atoms with E-state index in [-0.39, 0.29) is 10.8 Å². The third-order valence-electron chi connectivity index (χ3n) is 5.88. The molecule has 160 valence electrons. The topological polar surface area (TPSA) is 67.3 Å². The molecule has 1 aliphatic heterocycles. The lowest BCUT2D eigenvalue weighted by atomic mass is 9.97. The van der Waals surface area contributed by atoms with Gasteiger partial charge in [-0.05, 0) is 41.0 Å². The van der Waals surface area contributed by atoms with Crippen LogP contribution < -0.4 is 0 Å². The van der Waals surface area contributed by atoms with Crippen molar-refractivity contribution in [2.24, 2.45) is 0 Å². The summed E-state index contributed by atoms with van der Waals surface area (Å²) < 4.78 is 24.0. The van der Waals surface area contributed by atoms with E-state index in [1.54, 1.807) is 18.2 Å². The number of nitrogens with zero attached hydrogens (tertiary/aromatic N) is 2. The molecule has 0 aliphatic carbocycles. The maximum Gasteiger partial charge on any atom is 0.255 e. The zero-order chi connectivity index (χ0) is 22.3. The number of carbonyl (C=O) groups excluding carboxylic acids is 1. The number of sulfone groups is 1. The summed E-state index contributed by atoms with van der Waals surface area (Å²) in [5.41, 5.74) is 5.02. The summed E-state index contributed by atoms with van der Waals surface area (Å²) in [4.78, 5) is 20.1. The van der Waals surface area contributed by atoms with Gasteiger partial charge in [0.25, 0.3) is 5.91 Å². The summed E-state index contributed by atoms with van der Waals surface area (Å²) in [7, 11) is -3.33. The van der Waals surface area contributed by atoms with Gasteiger partial charge in [-0.3, -0.25) is 9.78 Å². The van der Waals surface area contributed by atoms with Crippen LogP contribution in [-0.2, 0) is 22.8 Å². The van der Waals surface area contributed by atoms with Crippen molar-refractivity contribution in [1.29, 1.82) is 0 Å². The molecule has 0 saturated carbocycles. The molecule has 4 aromatic rings. The number of hydrogen-bond acceptors (Lipinski definition) is 4. The summed E-state index contributed by atoms with van der Waals surface area (Å²) in [6.07, 6.45) is 1.86. The molecule has 1 aliphatic rings. The third-order valence-corrected chi connectivity index (χ3v) is 6.99. The summed E-state index contributed by atoms with van der Waals surface area (Å²) >= 11 is 0. The van der Waals surface area contributed by atoms with Crippen molar-refractivity contribution in [3.63, 3.8) is 0 Å². The van der Waals surface area contributed by atoms with E-state index in [0.29, 0.717) is 25.1 Å². The van der Waals surface area contributed by atoms with E-state index in [2.05, 4.69) is 6.07 Å². The normalized spacial score (nSPS) is 13.5. The zero-order valence-electron chi connectivity index (χ0n) is 17.7. The summed E-state index contributed by atoms with van der Waals surface area (Å²) in [6.45, 7) is 1.11. The molecule has 6 heteroatoms. The van der Waals surface area contributed by atoms with Crippen LogP contribution in [-0.4, -0.2) is 37.0 Å². The lowest BCUT2D eigenvalue weighted by Crippen LogP contribution is -2.26. The van der Waals surface area contributed by atoms with Gasteiger partial charge in [0.05, 0.1) is 16.0 Å². The maximum absolute atomic E-state index is 13.3. The minimum absolute atomic E-state index is 0.0267. The Labute approximate surface area is 187 Å². The van der Waals surface area contributed by atoms with Crippen molar-refractivity contribution >= 4 is 26.6 Å². The predicted octanol–water partition coefficient (Wildman–Crippen LogP) is 4.50. The van der Waals surface area contributed by atoms with E-state index in [9.17, 15) is 13.2 Å². The monoisotopic (exact) mass is 442 g/mol. The Morgan fingerprint density at radius 3 is 2.59 bits per heavy atom. The minimum Gasteiger partial charge on any atom is -0.334 e. The van der Waals surface area contributed by atoms with Crippen molar-refractivity contribution in [3.05, 3.63) is 95.7 Å². The SMILES string of the molecule is CS(=O)(=O)c1cccc(-c2cccc3c2C(=O)N(CCc2ccc4ccccc4n2)C3)c1. The molecular weight excluding hydrogens is 420 g/mol. The highest BCUT2D eigenvalue weighted by atomic mass is 32.2. The summed E-state index contributed by atoms with van der Waals surface area (Å²) in [5.74, 6) is -0.0267. The molecule has 2 heterocycles. The number of aromatic nitrogens is 1. The Hall–Kier alpha value is -3.51. The molecule has 32 heavy (non-hydrogen) atoms. The van der Waals surface area contributed by atoms with Crippen LogP contribution in [0.15, 0.2) is 83.8 Å². The van der Waals surface area contributed by atoms with Crippen molar-refractivity contribution < 1.29 is 13.2 Å². The number of hydrogen-bond donors (Lipinski definition) is 0. The number of para-hydroxylation sites is 1. The van der Waals surface area contributed by atoms with Crippen LogP contribution in [0, 0.1) is 0 Å². The Kier molecular flexibility index (Phi) is 5.02. The molecule has 5 rings (SSSR count). The van der Waals surface area contributed by atoms with E-state index in [1.165, 1.54) is 6.26 Å². The van der Waals surface area contributed by atoms with Crippen molar-refractivity contribution in [3.8, 4) is 11.1 Å². The van der Waals surface area contributed by atoms with E-state index in [0.717, 1.165) is 33.3 Å². The molecule has 0 spiro atoms. The van der Waals surface area contributed by atoms with Gasteiger partial charge < -0.3 is 4.90 Å². The highest BCUT2D eigenvalue weighted by Crippen LogP contribution is 2.33. The molecule has 0 saturated heterocycles. The second kappa shape index (κ2) is 7.88. The number of rotatable bonds is 5. The van der Waals surface area contributed by atoms with Gasteiger partial charge in [-0.25, -0.2) is 8.42 Å². The van der Waals surface area contributed by atoms with E-state index >= 15 is 0 Å². The van der Waals surface area contributed by atoms with Gasteiger partial charge >= 0.3 is 0 Å². The van der Waals surface area contributed by atoms with Crippen LogP contribution in [0.1, 0.15) is 21.6 Å². The van der Waals surface area contributed by atoms with E-state index < -0.39 is 9.84 Å². The van der Waals surface area contributed by atoms with Crippen molar-refractivity contribution in [2.75, 3.05) is 12.8 Å². The molecule has 1 aromatic heterocycles. The molecule has 0 atom stereocenters. The number of carbonyl (C=O) groups is 1. The molecule has 5 nitrogen and oxygen atoms in total. The largest absolute Gasteiger partial charge is 0.334 e. The Balaban J connectivity index is 1.40. The van der Waals surface area contributed by atoms with Gasteiger partial charge in [0.1, 0.15) is 0 Å². The third kappa shape index (κ3) is 3.78. The number of pyridine rings is 1. The van der Waals surface area contributed by atoms with E-state index in [1.807, 2.05) is 59.5 Å². The first-order valence-corrected chi connectivity index (χ1v) is 12.4. The lowest BCUT2D eigenvalue weighted by molar-refractivity contribution is 0.0780. The zero-order valence-corrected chi connectivity index (χ0v) is 18.5. The fourth-order valence-electron chi connectivity index (χ4n) is 4.23. The average molecular weight is 443 g/mol. The standard InChI is InChI=1S/C26H22N2O3S/c1-32(30,31)22-9-4-7-19(16-22)23-10-5-8-20-17-28(26(29)25(20)23)15-14-21-13-12-18-6-2-3-11-24(18)27-21/h2-13,16H,14-15,17H2,1H3. The quantitative estimate of drug-likeness (QED) is 0.456. The highest BCUT2D eigenvalue weighted by molar-refractivity contribution is 7.90. The van der Waals surface area contributed by atoms with E-state index in [4.69, 9.17) is 4.98 Å². The molecule has 1 amide bonds. The van der Waals surface area contributed by atoms with Crippen LogP contribution in [0.4, 0.5) is 0 Å². The molecule has 0 N–H and O–H groups in total. The smallest absolute Gasteiger partial charge is 0.255 e. The van der Waals surface area contributed by atoms with Crippen molar-refractivity contribution in [1.82, 2.24) is 9.88 Å². The van der Waals surface area contributed by atoms with Crippen LogP contribution in [0.5, 0.6) is 0 Å². The molecule has 0 bridgehead atoms. The van der Waals surface area contributed by atoms with Gasteiger partial charge in [0.15, 0.2) is 9.84 Å². The van der Waals surface area contributed by atoms with Gasteiger partial charge in [-0.15, -0.1) is 0 Å². The second-order valence-corrected chi connectivity index (χ2v) is 10.1. The fraction of sp³-hybridized carbons (Fsp3) is 0.154. The first kappa shape index (κ1) is 20.4. The van der Waals surface area contributed by atoms with Crippen LogP contribution in [0.2, 0.25) is 0 Å². The molecule has 0 unspecified atom stereocenters. The minimum atomic E-state index is -3.33. The Bertz CT molecular complexity index is 1460. The molecule has 0 fully saturated rings. The predicted molar refractivity (Wildman–Crippen MR) is 125 cm³/mol. The summed E-state index contributed by atoms with van der Waals surface area (Å²) in [5, 5.41) is 1.10. The van der Waals surface area contributed by atoms with Gasteiger partial charge in [-0.2, -0.15) is 0 Å². The average Bonchev–Trinajstić information content (AvgIpc) is 3.13. The molecular formula is C26H22N2O3S. The lowest BCUT2D eigenvalue weighted by Gasteiger charge is -2.15. The fourth-order valence-corrected chi connectivity index (χ4v) is 4.90. The second-order valence-electron chi connectivity index (χ2n) is 8.11. The summed E-state index contributed by atoms with van der Waals surface area (Å²) in [6, 6.07) is 24.6. The first-order chi connectivity index (χ1) is 15.4.